The molecule has 1 aliphatic heterocycles. The zero-order chi connectivity index (χ0) is 18.9. The van der Waals surface area contributed by atoms with Gasteiger partial charge >= 0.3 is 6.18 Å². The number of aromatic nitrogens is 3. The molecule has 3 heterocycles. The van der Waals surface area contributed by atoms with Crippen molar-refractivity contribution in [3.05, 3.63) is 47.5 Å². The topological polar surface area (TPSA) is 68.1 Å². The van der Waals surface area contributed by atoms with E-state index in [1.165, 1.54) is 6.07 Å². The minimum atomic E-state index is -4.51. The van der Waals surface area contributed by atoms with Crippen LogP contribution in [0.15, 0.2) is 30.7 Å². The molecule has 1 saturated heterocycles. The Morgan fingerprint density at radius 3 is 2.69 bits per heavy atom. The van der Waals surface area contributed by atoms with E-state index in [4.69, 9.17) is 0 Å². The average molecular weight is 386 g/mol. The van der Waals surface area contributed by atoms with Crippen molar-refractivity contribution in [1.82, 2.24) is 19.7 Å². The van der Waals surface area contributed by atoms with E-state index < -0.39 is 22.7 Å². The summed E-state index contributed by atoms with van der Waals surface area (Å²) < 4.78 is 51.3. The third kappa shape index (κ3) is 4.12. The Labute approximate surface area is 150 Å². The van der Waals surface area contributed by atoms with Crippen molar-refractivity contribution in [2.75, 3.05) is 18.1 Å². The molecule has 2 aromatic rings. The van der Waals surface area contributed by atoms with Crippen molar-refractivity contribution in [1.29, 1.82) is 0 Å². The lowest BCUT2D eigenvalue weighted by atomic mass is 10.1. The second-order valence-corrected chi connectivity index (χ2v) is 7.71. The lowest BCUT2D eigenvalue weighted by Crippen LogP contribution is -2.45. The van der Waals surface area contributed by atoms with Crippen molar-refractivity contribution < 1.29 is 22.2 Å². The van der Waals surface area contributed by atoms with Crippen LogP contribution in [-0.4, -0.2) is 47.8 Å². The van der Waals surface area contributed by atoms with Gasteiger partial charge in [-0.15, -0.1) is 0 Å². The average Bonchev–Trinajstić information content (AvgIpc) is 3.00. The minimum absolute atomic E-state index is 0.0610. The number of rotatable bonds is 3. The summed E-state index contributed by atoms with van der Waals surface area (Å²) in [6, 6.07) is 1.77. The van der Waals surface area contributed by atoms with Gasteiger partial charge in [-0.2, -0.15) is 18.3 Å². The largest absolute Gasteiger partial charge is 0.433 e. The Morgan fingerprint density at radius 2 is 2.12 bits per heavy atom. The normalized spacial score (nSPS) is 21.0. The van der Waals surface area contributed by atoms with Crippen molar-refractivity contribution >= 4 is 16.7 Å². The van der Waals surface area contributed by atoms with E-state index in [2.05, 4.69) is 10.1 Å². The number of hydrogen-bond acceptors (Lipinski definition) is 4. The molecular weight excluding hydrogens is 369 g/mol. The van der Waals surface area contributed by atoms with Gasteiger partial charge in [0.25, 0.3) is 0 Å². The number of aryl methyl sites for hydroxylation is 1. The first-order chi connectivity index (χ1) is 12.2. The fourth-order valence-electron chi connectivity index (χ4n) is 2.87. The first kappa shape index (κ1) is 18.6. The SMILES string of the molecule is Cn1cc(C2CS(=O)CCN2C(=O)Cc2ccc(C(F)(F)F)nc2)cn1. The highest BCUT2D eigenvalue weighted by atomic mass is 32.2. The zero-order valence-corrected chi connectivity index (χ0v) is 14.8. The van der Waals surface area contributed by atoms with E-state index in [-0.39, 0.29) is 18.4 Å². The first-order valence-corrected chi connectivity index (χ1v) is 9.38. The summed E-state index contributed by atoms with van der Waals surface area (Å²) in [4.78, 5) is 17.7. The molecule has 2 aromatic heterocycles. The van der Waals surface area contributed by atoms with Gasteiger partial charge in [-0.3, -0.25) is 18.7 Å². The van der Waals surface area contributed by atoms with Gasteiger partial charge in [0.15, 0.2) is 0 Å². The van der Waals surface area contributed by atoms with Crippen LogP contribution in [0.4, 0.5) is 13.2 Å². The van der Waals surface area contributed by atoms with E-state index in [0.717, 1.165) is 17.8 Å². The van der Waals surface area contributed by atoms with Crippen LogP contribution in [0.25, 0.3) is 0 Å². The maximum absolute atomic E-state index is 12.7. The molecule has 6 nitrogen and oxygen atoms in total. The molecule has 0 radical (unpaired) electrons. The molecule has 3 rings (SSSR count). The van der Waals surface area contributed by atoms with Gasteiger partial charge in [0.2, 0.25) is 5.91 Å². The van der Waals surface area contributed by atoms with Crippen LogP contribution in [0.1, 0.15) is 22.9 Å². The fourth-order valence-corrected chi connectivity index (χ4v) is 4.16. The number of carbonyl (C=O) groups excluding carboxylic acids is 1. The van der Waals surface area contributed by atoms with Crippen LogP contribution in [0.5, 0.6) is 0 Å². The number of pyridine rings is 1. The van der Waals surface area contributed by atoms with Crippen LogP contribution in [0, 0.1) is 0 Å². The molecule has 0 N–H and O–H groups in total. The molecule has 0 spiro atoms. The number of hydrogen-bond donors (Lipinski definition) is 0. The number of amides is 1. The number of alkyl halides is 3. The summed E-state index contributed by atoms with van der Waals surface area (Å²) in [5.41, 5.74) is 0.203. The van der Waals surface area contributed by atoms with Gasteiger partial charge < -0.3 is 4.90 Å². The van der Waals surface area contributed by atoms with Crippen LogP contribution in [0.3, 0.4) is 0 Å². The molecule has 1 aliphatic rings. The van der Waals surface area contributed by atoms with E-state index >= 15 is 0 Å². The second kappa shape index (κ2) is 7.18. The van der Waals surface area contributed by atoms with Crippen molar-refractivity contribution in [2.24, 2.45) is 7.05 Å². The summed E-state index contributed by atoms with van der Waals surface area (Å²) in [5, 5.41) is 4.09. The van der Waals surface area contributed by atoms with Gasteiger partial charge in [-0.1, -0.05) is 6.07 Å². The second-order valence-electron chi connectivity index (χ2n) is 6.09. The van der Waals surface area contributed by atoms with Gasteiger partial charge in [-0.25, -0.2) is 0 Å². The smallest absolute Gasteiger partial charge is 0.333 e. The van der Waals surface area contributed by atoms with Gasteiger partial charge in [0.05, 0.1) is 18.7 Å². The Hall–Kier alpha value is -2.23. The lowest BCUT2D eigenvalue weighted by molar-refractivity contribution is -0.141. The standard InChI is InChI=1S/C16H17F3N4O2S/c1-22-9-12(8-21-22)13-10-26(25)5-4-23(13)15(24)6-11-2-3-14(20-7-11)16(17,18)19/h2-3,7-9,13H,4-6,10H2,1H3. The molecule has 2 atom stereocenters. The summed E-state index contributed by atoms with van der Waals surface area (Å²) in [5.74, 6) is 0.466. The fraction of sp³-hybridized carbons (Fsp3) is 0.438. The maximum Gasteiger partial charge on any atom is 0.433 e. The molecule has 140 valence electrons. The summed E-state index contributed by atoms with van der Waals surface area (Å²) in [7, 11) is 0.727. The molecule has 0 aliphatic carbocycles. The van der Waals surface area contributed by atoms with Gasteiger partial charge in [0, 0.05) is 53.9 Å². The van der Waals surface area contributed by atoms with Crippen molar-refractivity contribution in [3.63, 3.8) is 0 Å². The van der Waals surface area contributed by atoms with E-state index in [9.17, 15) is 22.2 Å². The quantitative estimate of drug-likeness (QED) is 0.806. The number of nitrogens with zero attached hydrogens (tertiary/aromatic N) is 4. The molecule has 0 bridgehead atoms. The number of carbonyl (C=O) groups is 1. The van der Waals surface area contributed by atoms with Gasteiger partial charge in [-0.05, 0) is 11.6 Å². The molecule has 2 unspecified atom stereocenters. The third-order valence-corrected chi connectivity index (χ3v) is 5.51. The van der Waals surface area contributed by atoms with Crippen molar-refractivity contribution in [2.45, 2.75) is 18.6 Å². The van der Waals surface area contributed by atoms with Crippen LogP contribution in [-0.2, 0) is 35.2 Å². The molecule has 1 fully saturated rings. The molecular formula is C16H17F3N4O2S. The monoisotopic (exact) mass is 386 g/mol. The number of halogens is 3. The summed E-state index contributed by atoms with van der Waals surface area (Å²) >= 11 is 0. The summed E-state index contributed by atoms with van der Waals surface area (Å²) in [6.07, 6.45) is -0.0956. The van der Waals surface area contributed by atoms with Crippen LogP contribution in [0.2, 0.25) is 0 Å². The van der Waals surface area contributed by atoms with E-state index in [0.29, 0.717) is 23.6 Å². The Morgan fingerprint density at radius 1 is 1.35 bits per heavy atom. The highest BCUT2D eigenvalue weighted by Gasteiger charge is 2.33. The third-order valence-electron chi connectivity index (χ3n) is 4.18. The zero-order valence-electron chi connectivity index (χ0n) is 13.9. The van der Waals surface area contributed by atoms with E-state index in [1.54, 1.807) is 29.0 Å². The first-order valence-electron chi connectivity index (χ1n) is 7.89. The molecule has 10 heteroatoms. The van der Waals surface area contributed by atoms with E-state index in [1.807, 2.05) is 0 Å². The molecule has 0 aromatic carbocycles. The van der Waals surface area contributed by atoms with Gasteiger partial charge in [0.1, 0.15) is 5.69 Å². The highest BCUT2D eigenvalue weighted by Crippen LogP contribution is 2.28. The van der Waals surface area contributed by atoms with Crippen LogP contribution >= 0.6 is 0 Å². The lowest BCUT2D eigenvalue weighted by Gasteiger charge is -2.35. The molecule has 1 amide bonds. The molecule has 0 saturated carbocycles. The predicted octanol–water partition coefficient (Wildman–Crippen LogP) is 1.71. The molecule has 26 heavy (non-hydrogen) atoms. The Kier molecular flexibility index (Phi) is 5.12. The minimum Gasteiger partial charge on any atom is -0.333 e. The van der Waals surface area contributed by atoms with Crippen LogP contribution < -0.4 is 0 Å². The van der Waals surface area contributed by atoms with Crippen molar-refractivity contribution in [3.8, 4) is 0 Å². The summed E-state index contributed by atoms with van der Waals surface area (Å²) in [6.45, 7) is 0.332. The Balaban J connectivity index is 1.75. The Bertz CT molecular complexity index is 820. The predicted molar refractivity (Wildman–Crippen MR) is 88.5 cm³/mol. The maximum atomic E-state index is 12.7. The highest BCUT2D eigenvalue weighted by molar-refractivity contribution is 7.85.